The number of aromatic amines is 1. The fraction of sp³-hybridized carbons (Fsp3) is 0.0417. The van der Waals surface area contributed by atoms with Crippen LogP contribution in [0, 0.1) is 5.82 Å². The number of nitrogens with one attached hydrogen (secondary N) is 2. The first kappa shape index (κ1) is 21.3. The quantitative estimate of drug-likeness (QED) is 0.301. The van der Waals surface area contributed by atoms with Crippen LogP contribution in [0.3, 0.4) is 0 Å². The molecule has 3 aromatic carbocycles. The van der Waals surface area contributed by atoms with Crippen molar-refractivity contribution in [3.8, 4) is 17.0 Å². The lowest BCUT2D eigenvalue weighted by molar-refractivity contribution is 0.0950. The Morgan fingerprint density at radius 1 is 1.09 bits per heavy atom. The average molecular weight is 449 g/mol. The summed E-state index contributed by atoms with van der Waals surface area (Å²) in [5.41, 5.74) is 5.57. The van der Waals surface area contributed by atoms with E-state index in [0.29, 0.717) is 28.6 Å². The van der Waals surface area contributed by atoms with Gasteiger partial charge in [0.2, 0.25) is 0 Å². The van der Waals surface area contributed by atoms with Gasteiger partial charge in [-0.1, -0.05) is 54.1 Å². The molecule has 8 heteroatoms. The number of H-pyrrole nitrogens is 1. The number of rotatable bonds is 7. The summed E-state index contributed by atoms with van der Waals surface area (Å²) in [6, 6.07) is 22.2. The maximum absolute atomic E-state index is 12.9. The molecule has 0 aliphatic rings. The lowest BCUT2D eigenvalue weighted by atomic mass is 10.1. The lowest BCUT2D eigenvalue weighted by Gasteiger charge is -2.08. The highest BCUT2D eigenvalue weighted by Gasteiger charge is 2.11. The SMILES string of the molecule is O=C(N/N=C\c1ccc(F)cc1)c1cc(-c2cccc(OCc3ccccc3Cl)c2)n[nH]1. The Kier molecular flexibility index (Phi) is 6.57. The molecule has 0 aliphatic carbocycles. The second-order valence-electron chi connectivity index (χ2n) is 6.83. The summed E-state index contributed by atoms with van der Waals surface area (Å²) in [6.45, 7) is 0.337. The normalized spacial score (nSPS) is 10.9. The van der Waals surface area contributed by atoms with Crippen molar-refractivity contribution in [2.24, 2.45) is 5.10 Å². The highest BCUT2D eigenvalue weighted by Crippen LogP contribution is 2.24. The smallest absolute Gasteiger partial charge is 0.289 e. The van der Waals surface area contributed by atoms with E-state index in [4.69, 9.17) is 16.3 Å². The van der Waals surface area contributed by atoms with Gasteiger partial charge in [-0.3, -0.25) is 9.89 Å². The summed E-state index contributed by atoms with van der Waals surface area (Å²) in [5, 5.41) is 11.4. The minimum atomic E-state index is -0.451. The van der Waals surface area contributed by atoms with Crippen molar-refractivity contribution in [1.82, 2.24) is 15.6 Å². The van der Waals surface area contributed by atoms with E-state index in [-0.39, 0.29) is 11.5 Å². The number of nitrogens with zero attached hydrogens (tertiary/aromatic N) is 2. The molecule has 0 bridgehead atoms. The fourth-order valence-corrected chi connectivity index (χ4v) is 3.07. The molecular formula is C24H18ClFN4O2. The third-order valence-electron chi connectivity index (χ3n) is 4.55. The van der Waals surface area contributed by atoms with Crippen molar-refractivity contribution >= 4 is 23.7 Å². The van der Waals surface area contributed by atoms with Crippen LogP contribution in [0.15, 0.2) is 84.0 Å². The van der Waals surface area contributed by atoms with Gasteiger partial charge in [0.25, 0.3) is 5.91 Å². The van der Waals surface area contributed by atoms with Crippen molar-refractivity contribution in [2.75, 3.05) is 0 Å². The fourth-order valence-electron chi connectivity index (χ4n) is 2.88. The molecule has 6 nitrogen and oxygen atoms in total. The van der Waals surface area contributed by atoms with E-state index in [9.17, 15) is 9.18 Å². The van der Waals surface area contributed by atoms with Crippen LogP contribution in [0.4, 0.5) is 4.39 Å². The molecule has 160 valence electrons. The third-order valence-corrected chi connectivity index (χ3v) is 4.92. The minimum Gasteiger partial charge on any atom is -0.489 e. The predicted octanol–water partition coefficient (Wildman–Crippen LogP) is 5.21. The first-order valence-corrected chi connectivity index (χ1v) is 10.1. The highest BCUT2D eigenvalue weighted by molar-refractivity contribution is 6.31. The van der Waals surface area contributed by atoms with E-state index in [1.165, 1.54) is 18.3 Å². The first-order valence-electron chi connectivity index (χ1n) is 9.69. The highest BCUT2D eigenvalue weighted by atomic mass is 35.5. The van der Waals surface area contributed by atoms with Gasteiger partial charge in [-0.15, -0.1) is 0 Å². The summed E-state index contributed by atoms with van der Waals surface area (Å²) >= 11 is 6.17. The molecule has 32 heavy (non-hydrogen) atoms. The maximum Gasteiger partial charge on any atom is 0.289 e. The number of hydrogen-bond acceptors (Lipinski definition) is 4. The number of carbonyl (C=O) groups excluding carboxylic acids is 1. The van der Waals surface area contributed by atoms with Crippen LogP contribution >= 0.6 is 11.6 Å². The lowest BCUT2D eigenvalue weighted by Crippen LogP contribution is -2.17. The predicted molar refractivity (Wildman–Crippen MR) is 121 cm³/mol. The number of hydrogen-bond donors (Lipinski definition) is 2. The zero-order chi connectivity index (χ0) is 22.3. The molecule has 0 radical (unpaired) electrons. The summed E-state index contributed by atoms with van der Waals surface area (Å²) in [5.74, 6) is -0.136. The largest absolute Gasteiger partial charge is 0.489 e. The monoisotopic (exact) mass is 448 g/mol. The van der Waals surface area contributed by atoms with Crippen molar-refractivity contribution in [1.29, 1.82) is 0 Å². The van der Waals surface area contributed by atoms with Gasteiger partial charge in [0.05, 0.1) is 11.9 Å². The molecule has 0 saturated heterocycles. The van der Waals surface area contributed by atoms with E-state index in [1.54, 1.807) is 18.2 Å². The van der Waals surface area contributed by atoms with Crippen LogP contribution in [0.1, 0.15) is 21.6 Å². The van der Waals surface area contributed by atoms with Crippen LogP contribution in [-0.2, 0) is 6.61 Å². The molecule has 4 aromatic rings. The zero-order valence-electron chi connectivity index (χ0n) is 16.8. The Labute approximate surface area is 188 Å². The van der Waals surface area contributed by atoms with Crippen molar-refractivity contribution < 1.29 is 13.9 Å². The van der Waals surface area contributed by atoms with Crippen LogP contribution in [0.5, 0.6) is 5.75 Å². The zero-order valence-corrected chi connectivity index (χ0v) is 17.5. The van der Waals surface area contributed by atoms with E-state index < -0.39 is 5.91 Å². The van der Waals surface area contributed by atoms with Gasteiger partial charge in [0, 0.05) is 16.1 Å². The molecule has 0 spiro atoms. The Hall–Kier alpha value is -3.97. The Morgan fingerprint density at radius 2 is 1.91 bits per heavy atom. The number of aromatic nitrogens is 2. The summed E-state index contributed by atoms with van der Waals surface area (Å²) in [4.78, 5) is 12.3. The molecule has 4 rings (SSSR count). The van der Waals surface area contributed by atoms with Crippen molar-refractivity contribution in [3.63, 3.8) is 0 Å². The Bertz CT molecular complexity index is 1250. The average Bonchev–Trinajstić information content (AvgIpc) is 3.31. The van der Waals surface area contributed by atoms with Gasteiger partial charge >= 0.3 is 0 Å². The van der Waals surface area contributed by atoms with Gasteiger partial charge in [0.15, 0.2) is 0 Å². The van der Waals surface area contributed by atoms with Crippen LogP contribution in [-0.4, -0.2) is 22.3 Å². The molecular weight excluding hydrogens is 431 g/mol. The molecule has 0 saturated carbocycles. The second-order valence-corrected chi connectivity index (χ2v) is 7.23. The van der Waals surface area contributed by atoms with Gasteiger partial charge in [0.1, 0.15) is 23.9 Å². The molecule has 0 fully saturated rings. The number of halogens is 2. The maximum atomic E-state index is 12.9. The minimum absolute atomic E-state index is 0.249. The van der Waals surface area contributed by atoms with E-state index in [1.807, 2.05) is 48.5 Å². The number of ether oxygens (including phenoxy) is 1. The second kappa shape index (κ2) is 9.89. The molecule has 1 amide bonds. The number of hydrazone groups is 1. The van der Waals surface area contributed by atoms with Gasteiger partial charge < -0.3 is 4.74 Å². The first-order chi connectivity index (χ1) is 15.6. The van der Waals surface area contributed by atoms with E-state index >= 15 is 0 Å². The number of carbonyl (C=O) groups is 1. The third kappa shape index (κ3) is 5.39. The van der Waals surface area contributed by atoms with Crippen molar-refractivity contribution in [3.05, 3.63) is 107 Å². The topological polar surface area (TPSA) is 79.4 Å². The van der Waals surface area contributed by atoms with Gasteiger partial charge in [-0.25, -0.2) is 9.82 Å². The summed E-state index contributed by atoms with van der Waals surface area (Å²) in [7, 11) is 0. The summed E-state index contributed by atoms with van der Waals surface area (Å²) < 4.78 is 18.8. The number of benzene rings is 3. The molecule has 1 heterocycles. The van der Waals surface area contributed by atoms with Crippen LogP contribution < -0.4 is 10.2 Å². The van der Waals surface area contributed by atoms with Crippen molar-refractivity contribution in [2.45, 2.75) is 6.61 Å². The van der Waals surface area contributed by atoms with Crippen LogP contribution in [0.25, 0.3) is 11.3 Å². The standard InChI is InChI=1S/C24H18ClFN4O2/c25-21-7-2-1-4-18(21)15-32-20-6-3-5-17(12-20)22-13-23(29-28-22)24(31)30-27-14-16-8-10-19(26)11-9-16/h1-14H,15H2,(H,28,29)(H,30,31)/b27-14-. The Balaban J connectivity index is 1.39. The molecule has 1 aromatic heterocycles. The molecule has 0 aliphatic heterocycles. The van der Waals surface area contributed by atoms with Crippen LogP contribution in [0.2, 0.25) is 5.02 Å². The van der Waals surface area contributed by atoms with E-state index in [2.05, 4.69) is 20.7 Å². The Morgan fingerprint density at radius 3 is 2.72 bits per heavy atom. The molecule has 0 unspecified atom stereocenters. The van der Waals surface area contributed by atoms with Gasteiger partial charge in [-0.2, -0.15) is 10.2 Å². The van der Waals surface area contributed by atoms with E-state index in [0.717, 1.165) is 11.1 Å². The molecule has 0 atom stereocenters. The number of amides is 1. The molecule has 2 N–H and O–H groups in total. The summed E-state index contributed by atoms with van der Waals surface area (Å²) in [6.07, 6.45) is 1.43. The van der Waals surface area contributed by atoms with Gasteiger partial charge in [-0.05, 0) is 42.0 Å².